The van der Waals surface area contributed by atoms with Gasteiger partial charge in [-0.05, 0) is 31.4 Å². The summed E-state index contributed by atoms with van der Waals surface area (Å²) in [5.41, 5.74) is 2.48. The van der Waals surface area contributed by atoms with E-state index in [0.717, 1.165) is 30.5 Å². The molecule has 1 saturated heterocycles. The van der Waals surface area contributed by atoms with E-state index in [1.165, 1.54) is 22.7 Å². The van der Waals surface area contributed by atoms with Crippen molar-refractivity contribution < 1.29 is 4.79 Å². The molecule has 2 N–H and O–H groups in total. The van der Waals surface area contributed by atoms with E-state index in [0.29, 0.717) is 23.9 Å². The molecule has 1 unspecified atom stereocenters. The lowest BCUT2D eigenvalue weighted by Crippen LogP contribution is -2.43. The van der Waals surface area contributed by atoms with Crippen molar-refractivity contribution in [3.05, 3.63) is 46.4 Å². The van der Waals surface area contributed by atoms with Crippen LogP contribution in [-0.2, 0) is 0 Å². The molecule has 158 valence electrons. The first-order chi connectivity index (χ1) is 13.7. The average molecular weight is 546 g/mol. The zero-order chi connectivity index (χ0) is 19.8. The second-order valence-electron chi connectivity index (χ2n) is 6.72. The molecule has 9 heteroatoms. The predicted molar refractivity (Wildman–Crippen MR) is 133 cm³/mol. The number of likely N-dealkylation sites (tertiary alicyclic amines) is 1. The van der Waals surface area contributed by atoms with Crippen LogP contribution in [0, 0.1) is 12.8 Å². The Kier molecular flexibility index (Phi) is 10.2. The molecule has 0 radical (unpaired) electrons. The highest BCUT2D eigenvalue weighted by Gasteiger charge is 2.24. The van der Waals surface area contributed by atoms with E-state index in [2.05, 4.69) is 55.8 Å². The monoisotopic (exact) mass is 545 g/mol. The summed E-state index contributed by atoms with van der Waals surface area (Å²) in [6, 6.07) is 10.6. The SMILES string of the molecule is CN=C(NCCNC(=O)c1scnc1C)N1CCC(CSc2ccccc2)C1.I. The van der Waals surface area contributed by atoms with E-state index in [4.69, 9.17) is 0 Å². The molecule has 2 heterocycles. The molecule has 1 fully saturated rings. The van der Waals surface area contributed by atoms with Gasteiger partial charge in [0.05, 0.1) is 11.2 Å². The van der Waals surface area contributed by atoms with Crippen molar-refractivity contribution >= 4 is 58.9 Å². The molecule has 0 saturated carbocycles. The van der Waals surface area contributed by atoms with Gasteiger partial charge in [-0.1, -0.05) is 18.2 Å². The summed E-state index contributed by atoms with van der Waals surface area (Å²) >= 11 is 3.30. The smallest absolute Gasteiger partial charge is 0.263 e. The number of halogens is 1. The van der Waals surface area contributed by atoms with Gasteiger partial charge in [0.1, 0.15) is 4.88 Å². The normalized spacial score (nSPS) is 16.4. The number of thioether (sulfide) groups is 1. The van der Waals surface area contributed by atoms with Gasteiger partial charge in [-0.15, -0.1) is 47.1 Å². The van der Waals surface area contributed by atoms with Crippen molar-refractivity contribution in [3.8, 4) is 0 Å². The maximum Gasteiger partial charge on any atom is 0.263 e. The molecular weight excluding hydrogens is 517 g/mol. The van der Waals surface area contributed by atoms with Crippen LogP contribution in [0.15, 0.2) is 45.7 Å². The van der Waals surface area contributed by atoms with Crippen molar-refractivity contribution in [1.82, 2.24) is 20.5 Å². The number of amides is 1. The van der Waals surface area contributed by atoms with Gasteiger partial charge in [-0.25, -0.2) is 4.98 Å². The minimum absolute atomic E-state index is 0. The van der Waals surface area contributed by atoms with E-state index in [1.807, 2.05) is 25.7 Å². The van der Waals surface area contributed by atoms with Gasteiger partial charge in [0.15, 0.2) is 5.96 Å². The van der Waals surface area contributed by atoms with E-state index in [9.17, 15) is 4.79 Å². The summed E-state index contributed by atoms with van der Waals surface area (Å²) in [5.74, 6) is 2.64. The molecule has 1 aromatic heterocycles. The molecule has 6 nitrogen and oxygen atoms in total. The van der Waals surface area contributed by atoms with Crippen molar-refractivity contribution in [2.45, 2.75) is 18.2 Å². The van der Waals surface area contributed by atoms with Crippen LogP contribution < -0.4 is 10.6 Å². The average Bonchev–Trinajstić information content (AvgIpc) is 3.36. The lowest BCUT2D eigenvalue weighted by atomic mass is 10.2. The molecule has 0 bridgehead atoms. The number of guanidine groups is 1. The number of benzene rings is 1. The number of thiazole rings is 1. The second kappa shape index (κ2) is 12.4. The first-order valence-electron chi connectivity index (χ1n) is 9.49. The van der Waals surface area contributed by atoms with E-state index in [-0.39, 0.29) is 29.9 Å². The molecule has 0 aliphatic carbocycles. The number of nitrogens with one attached hydrogen (secondary N) is 2. The Balaban J connectivity index is 0.00000300. The number of rotatable bonds is 7. The molecule has 0 spiro atoms. The van der Waals surface area contributed by atoms with Gasteiger partial charge < -0.3 is 15.5 Å². The third-order valence-electron chi connectivity index (χ3n) is 4.67. The van der Waals surface area contributed by atoms with E-state index >= 15 is 0 Å². The highest BCUT2D eigenvalue weighted by atomic mass is 127. The number of aryl methyl sites for hydroxylation is 1. The molecule has 1 aromatic carbocycles. The highest BCUT2D eigenvalue weighted by molar-refractivity contribution is 14.0. The first kappa shape index (κ1) is 23.9. The Morgan fingerprint density at radius 3 is 2.76 bits per heavy atom. The quantitative estimate of drug-likeness (QED) is 0.183. The van der Waals surface area contributed by atoms with Gasteiger partial charge in [-0.3, -0.25) is 9.79 Å². The second-order valence-corrected chi connectivity index (χ2v) is 8.67. The van der Waals surface area contributed by atoms with Crippen molar-refractivity contribution in [2.24, 2.45) is 10.9 Å². The maximum absolute atomic E-state index is 12.1. The number of hydrogen-bond donors (Lipinski definition) is 2. The lowest BCUT2D eigenvalue weighted by Gasteiger charge is -2.21. The molecule has 3 rings (SSSR count). The first-order valence-corrected chi connectivity index (χ1v) is 11.4. The van der Waals surface area contributed by atoms with Gasteiger partial charge in [0, 0.05) is 43.9 Å². The molecule has 1 aliphatic heterocycles. The zero-order valence-electron chi connectivity index (χ0n) is 16.8. The Morgan fingerprint density at radius 2 is 2.07 bits per heavy atom. The fraction of sp³-hybridized carbons (Fsp3) is 0.450. The Hall–Kier alpha value is -1.33. The van der Waals surface area contributed by atoms with Crippen LogP contribution in [0.3, 0.4) is 0 Å². The maximum atomic E-state index is 12.1. The molecule has 1 amide bonds. The van der Waals surface area contributed by atoms with Crippen molar-refractivity contribution in [3.63, 3.8) is 0 Å². The Bertz CT molecular complexity index is 799. The van der Waals surface area contributed by atoms with E-state index < -0.39 is 0 Å². The van der Waals surface area contributed by atoms with Crippen LogP contribution in [0.1, 0.15) is 21.8 Å². The zero-order valence-corrected chi connectivity index (χ0v) is 20.7. The molecular formula is C20H28IN5OS2. The summed E-state index contributed by atoms with van der Waals surface area (Å²) in [4.78, 5) is 25.0. The van der Waals surface area contributed by atoms with Crippen LogP contribution in [0.5, 0.6) is 0 Å². The topological polar surface area (TPSA) is 69.6 Å². The van der Waals surface area contributed by atoms with Crippen LogP contribution in [0.2, 0.25) is 0 Å². The number of carbonyl (C=O) groups excluding carboxylic acids is 1. The lowest BCUT2D eigenvalue weighted by molar-refractivity contribution is 0.0957. The number of hydrogen-bond acceptors (Lipinski definition) is 5. The van der Waals surface area contributed by atoms with Crippen molar-refractivity contribution in [2.75, 3.05) is 39.0 Å². The fourth-order valence-corrected chi connectivity index (χ4v) is 4.94. The van der Waals surface area contributed by atoms with Crippen LogP contribution in [0.4, 0.5) is 0 Å². The summed E-state index contributed by atoms with van der Waals surface area (Å²) in [6.45, 7) is 5.09. The molecule has 1 aliphatic rings. The number of aromatic nitrogens is 1. The highest BCUT2D eigenvalue weighted by Crippen LogP contribution is 2.25. The van der Waals surface area contributed by atoms with Gasteiger partial charge >= 0.3 is 0 Å². The summed E-state index contributed by atoms with van der Waals surface area (Å²) in [7, 11) is 1.81. The minimum atomic E-state index is -0.0593. The summed E-state index contributed by atoms with van der Waals surface area (Å²) < 4.78 is 0. The summed E-state index contributed by atoms with van der Waals surface area (Å²) in [5, 5.41) is 6.30. The molecule has 1 atom stereocenters. The van der Waals surface area contributed by atoms with Gasteiger partial charge in [-0.2, -0.15) is 0 Å². The van der Waals surface area contributed by atoms with E-state index in [1.54, 1.807) is 5.51 Å². The van der Waals surface area contributed by atoms with Crippen LogP contribution >= 0.6 is 47.1 Å². The number of nitrogens with zero attached hydrogens (tertiary/aromatic N) is 3. The third kappa shape index (κ3) is 7.14. The molecule has 29 heavy (non-hydrogen) atoms. The number of carbonyl (C=O) groups is 1. The fourth-order valence-electron chi connectivity index (χ4n) is 3.17. The van der Waals surface area contributed by atoms with Crippen molar-refractivity contribution in [1.29, 1.82) is 0 Å². The Morgan fingerprint density at radius 1 is 1.31 bits per heavy atom. The number of aliphatic imine (C=N–C) groups is 1. The van der Waals surface area contributed by atoms with Crippen LogP contribution in [0.25, 0.3) is 0 Å². The van der Waals surface area contributed by atoms with Crippen LogP contribution in [-0.4, -0.2) is 60.7 Å². The molecule has 2 aromatic rings. The third-order valence-corrected chi connectivity index (χ3v) is 6.84. The predicted octanol–water partition coefficient (Wildman–Crippen LogP) is 3.49. The standard InChI is InChI=1S/C20H27N5OS2.HI/c1-15-18(28-14-24-15)19(26)22-9-10-23-20(21-2)25-11-8-16(12-25)13-27-17-6-4-3-5-7-17;/h3-7,14,16H,8-13H2,1-2H3,(H,21,23)(H,22,26);1H. The van der Waals surface area contributed by atoms with Gasteiger partial charge in [0.2, 0.25) is 0 Å². The Labute approximate surface area is 198 Å². The van der Waals surface area contributed by atoms with Gasteiger partial charge in [0.25, 0.3) is 5.91 Å². The summed E-state index contributed by atoms with van der Waals surface area (Å²) in [6.07, 6.45) is 1.18. The minimum Gasteiger partial charge on any atom is -0.354 e. The largest absolute Gasteiger partial charge is 0.354 e.